The van der Waals surface area contributed by atoms with E-state index < -0.39 is 84.0 Å². The van der Waals surface area contributed by atoms with Gasteiger partial charge in [-0.3, -0.25) is 37.8 Å². The summed E-state index contributed by atoms with van der Waals surface area (Å²) in [7, 11) is -15.4. The number of fused-ring (bicyclic) bond motifs is 2. The van der Waals surface area contributed by atoms with Crippen LogP contribution in [0.5, 0.6) is 5.75 Å². The van der Waals surface area contributed by atoms with Gasteiger partial charge in [-0.25, -0.2) is 23.0 Å². The van der Waals surface area contributed by atoms with Crippen molar-refractivity contribution in [2.75, 3.05) is 52.8 Å². The van der Waals surface area contributed by atoms with Crippen LogP contribution in [0.15, 0.2) is 87.6 Å². The second kappa shape index (κ2) is 31.2. The van der Waals surface area contributed by atoms with Crippen LogP contribution in [0.1, 0.15) is 134 Å². The second-order valence-electron chi connectivity index (χ2n) is 20.8. The molecule has 6 atom stereocenters. The predicted octanol–water partition coefficient (Wildman–Crippen LogP) is 6.50. The first kappa shape index (κ1) is 68.9. The Morgan fingerprint density at radius 3 is 2.45 bits per heavy atom. The van der Waals surface area contributed by atoms with Crippen LogP contribution in [0.4, 0.5) is 0 Å². The zero-order chi connectivity index (χ0) is 64.6. The van der Waals surface area contributed by atoms with Gasteiger partial charge in [0.1, 0.15) is 30.8 Å². The van der Waals surface area contributed by atoms with E-state index in [-0.39, 0.29) is 86.8 Å². The molecule has 27 nitrogen and oxygen atoms in total. The van der Waals surface area contributed by atoms with Crippen molar-refractivity contribution in [3.63, 3.8) is 0 Å². The fourth-order valence-electron chi connectivity index (χ4n) is 9.91. The number of carboxylic acids is 1. The average Bonchev–Trinajstić information content (AvgIpc) is 1.41. The molecule has 1 aromatic heterocycles. The summed E-state index contributed by atoms with van der Waals surface area (Å²) in [5.74, 6) is 3.01. The molecule has 4 unspecified atom stereocenters. The summed E-state index contributed by atoms with van der Waals surface area (Å²) in [4.78, 5) is 111. The van der Waals surface area contributed by atoms with Gasteiger partial charge < -0.3 is 49.4 Å². The molecule has 0 bridgehead atoms. The van der Waals surface area contributed by atoms with Crippen LogP contribution in [0.3, 0.4) is 0 Å². The Morgan fingerprint density at radius 2 is 1.72 bits per heavy atom. The van der Waals surface area contributed by atoms with Gasteiger partial charge >= 0.3 is 34.9 Å². The number of hydrogen-bond acceptors (Lipinski definition) is 17. The highest BCUT2D eigenvalue weighted by Crippen LogP contribution is 2.66. The lowest BCUT2D eigenvalue weighted by atomic mass is 9.79. The van der Waals surface area contributed by atoms with E-state index in [1.54, 1.807) is 24.3 Å². The summed E-state index contributed by atoms with van der Waals surface area (Å²) in [6.07, 6.45) is 4.26. The molecule has 2 heterocycles. The molecule has 1 saturated heterocycles. The van der Waals surface area contributed by atoms with E-state index in [1.165, 1.54) is 23.8 Å². The van der Waals surface area contributed by atoms with Crippen molar-refractivity contribution in [1.82, 2.24) is 20.2 Å². The number of Topliss-reactive ketones (excluding diaryl/α,β-unsaturated/α-hetero) is 1. The number of aromatic nitrogens is 2. The fourth-order valence-corrected chi connectivity index (χ4v) is 13.4. The van der Waals surface area contributed by atoms with Crippen LogP contribution in [0, 0.1) is 25.7 Å². The van der Waals surface area contributed by atoms with Crippen molar-refractivity contribution in [2.45, 2.75) is 97.6 Å². The van der Waals surface area contributed by atoms with Crippen LogP contribution in [-0.2, 0) is 58.7 Å². The maximum Gasteiger partial charge on any atom is 0.488 e. The van der Waals surface area contributed by atoms with Gasteiger partial charge in [-0.15, -0.1) is 0 Å². The van der Waals surface area contributed by atoms with Crippen molar-refractivity contribution >= 4 is 58.5 Å². The van der Waals surface area contributed by atoms with Gasteiger partial charge in [0.2, 0.25) is 5.91 Å². The molecule has 5 aromatic rings. The number of carbonyl (C=O) groups excluding carboxylic acids is 3. The van der Waals surface area contributed by atoms with Crippen LogP contribution in [-0.4, -0.2) is 118 Å². The van der Waals surface area contributed by atoms with E-state index >= 15 is 0 Å². The number of aryl methyl sites for hydroxylation is 3. The Morgan fingerprint density at radius 1 is 0.933 bits per heavy atom. The maximum absolute atomic E-state index is 13.8. The summed E-state index contributed by atoms with van der Waals surface area (Å²) < 4.78 is 71.2. The van der Waals surface area contributed by atoms with Crippen molar-refractivity contribution in [3.05, 3.63) is 176 Å². The van der Waals surface area contributed by atoms with E-state index in [1.807, 2.05) is 0 Å². The molecule has 2 amide bonds. The number of aromatic amines is 1. The maximum atomic E-state index is 13.8. The van der Waals surface area contributed by atoms with Crippen LogP contribution < -0.4 is 37.1 Å². The lowest BCUT2D eigenvalue weighted by molar-refractivity contribution is -0.126. The molecule has 30 heteroatoms. The molecule has 7 rings (SSSR count). The highest BCUT2D eigenvalue weighted by Gasteiger charge is 2.40. The van der Waals surface area contributed by atoms with Gasteiger partial charge in [0, 0.05) is 41.9 Å². The number of azide groups is 1. The smallest absolute Gasteiger partial charge is 0.488 e. The van der Waals surface area contributed by atoms with Gasteiger partial charge in [-0.05, 0) is 143 Å². The number of ether oxygens (including phenoxy) is 4. The molecule has 2 aliphatic rings. The minimum atomic E-state index is -5.49. The summed E-state index contributed by atoms with van der Waals surface area (Å²) in [6, 6.07) is 19.7. The van der Waals surface area contributed by atoms with Crippen LogP contribution >= 0.6 is 23.2 Å². The SMILES string of the molecule is CC/C=c1/cc2c(cc1C)=C(c1cc(C(=O)CCCNC(=O)c3cccc(OCC(N=[N+]=[N-])OCCOCC(=O)NCC#Cc4cn([C@H]5CC[C@@H](COP(=O)(O)OP(=O)(O)OP(C)(=O)O)O5)c(=O)[nH]c4=O)c3)ccc1C(=O)O)c1cc(C)c(CCC)cc1C2. The third kappa shape index (κ3) is 19.7. The Labute approximate surface area is 510 Å². The van der Waals surface area contributed by atoms with Crippen molar-refractivity contribution in [3.8, 4) is 17.6 Å². The normalized spacial score (nSPS) is 16.9. The van der Waals surface area contributed by atoms with Gasteiger partial charge in [-0.2, -0.15) is 4.31 Å². The molecule has 4 aromatic carbocycles. The molecular weight excluding hydrogens is 1220 g/mol. The van der Waals surface area contributed by atoms with E-state index in [0.29, 0.717) is 24.2 Å². The quantitative estimate of drug-likeness (QED) is 0.00481. The average molecular weight is 1290 g/mol. The molecule has 1 aliphatic heterocycles. The first-order chi connectivity index (χ1) is 42.3. The van der Waals surface area contributed by atoms with Crippen LogP contribution in [0.2, 0.25) is 0 Å². The van der Waals surface area contributed by atoms with Gasteiger partial charge in [0.05, 0.1) is 38.0 Å². The Balaban J connectivity index is 0.843. The minimum absolute atomic E-state index is 0.0688. The number of ketones is 1. The van der Waals surface area contributed by atoms with E-state index in [4.69, 9.17) is 29.4 Å². The van der Waals surface area contributed by atoms with Crippen molar-refractivity contribution in [2.24, 2.45) is 5.11 Å². The molecule has 1 aliphatic carbocycles. The monoisotopic (exact) mass is 1290 g/mol. The Bertz CT molecular complexity index is 4030. The number of benzene rings is 4. The molecule has 0 saturated carbocycles. The number of carboxylic acid groups (broad SMARTS) is 1. The summed E-state index contributed by atoms with van der Waals surface area (Å²) in [5, 5.41) is 21.5. The molecule has 0 radical (unpaired) electrons. The van der Waals surface area contributed by atoms with Crippen LogP contribution in [0.25, 0.3) is 22.1 Å². The number of rotatable bonds is 30. The van der Waals surface area contributed by atoms with Gasteiger partial charge in [-0.1, -0.05) is 79.7 Å². The lowest BCUT2D eigenvalue weighted by Gasteiger charge is -2.24. The summed E-state index contributed by atoms with van der Waals surface area (Å²) >= 11 is 0. The molecule has 1 fully saturated rings. The van der Waals surface area contributed by atoms with Crippen molar-refractivity contribution in [1.29, 1.82) is 0 Å². The topological polar surface area (TPSA) is 393 Å². The highest BCUT2D eigenvalue weighted by molar-refractivity contribution is 7.68. The van der Waals surface area contributed by atoms with Gasteiger partial charge in [0.25, 0.3) is 11.5 Å². The summed E-state index contributed by atoms with van der Waals surface area (Å²) in [5.41, 5.74) is 15.8. The second-order valence-corrected chi connectivity index (χ2v) is 25.8. The van der Waals surface area contributed by atoms with Gasteiger partial charge in [0.15, 0.2) is 12.0 Å². The van der Waals surface area contributed by atoms with E-state index in [2.05, 4.69) is 109 Å². The number of H-pyrrole nitrogens is 1. The Hall–Kier alpha value is -7.62. The number of carbonyl (C=O) groups is 4. The first-order valence-corrected chi connectivity index (χ1v) is 33.2. The zero-order valence-corrected chi connectivity index (χ0v) is 52.0. The number of phosphoric ester groups is 1. The third-order valence-electron chi connectivity index (χ3n) is 13.9. The predicted molar refractivity (Wildman–Crippen MR) is 324 cm³/mol. The third-order valence-corrected chi connectivity index (χ3v) is 18.1. The lowest BCUT2D eigenvalue weighted by Crippen LogP contribution is -2.34. The molecule has 7 N–H and O–H groups in total. The Kier molecular flexibility index (Phi) is 24.2. The standard InChI is InChI=1S/C59H68N7O20P3/c1-6-11-38-27-43-29-44-28-39(12-7-2)37(4)26-49(44)55(48(43)25-36(38)3)50-31-40(17-19-47(50)58(71)72)51(67)16-10-22-62-56(69)41-13-8-15-45(30-41)82-35-53(64-65-60)81-24-23-80-34-52(68)61-21-9-14-42-32-66(59(73)63-57(42)70)54-20-18-46(84-54)33-83-88(76,77)86-89(78,79)85-87(5,74)75/h8,11,13,15,17,19,25-28,30-32,46,53-54H,6-7,10,12,16,18,20-24,29,33-35H2,1-5H3,(H,61,68)(H,62,69)(H,71,72)(H,74,75)(H,76,77)(H,78,79)(H,63,70,73)/b38-11-/t46-,53?,54+/m0/s1. The van der Waals surface area contributed by atoms with Crippen molar-refractivity contribution < 1.29 is 84.8 Å². The molecule has 474 valence electrons. The first-order valence-electron chi connectivity index (χ1n) is 28.2. The molecule has 89 heavy (non-hydrogen) atoms. The number of aromatic carboxylic acids is 1. The zero-order valence-electron chi connectivity index (χ0n) is 49.3. The largest absolute Gasteiger partial charge is 0.491 e. The number of hydrogen-bond donors (Lipinski definition) is 7. The van der Waals surface area contributed by atoms with E-state index in [0.717, 1.165) is 73.9 Å². The van der Waals surface area contributed by atoms with E-state index in [9.17, 15) is 57.4 Å². The number of nitrogens with one attached hydrogen (secondary N) is 3. The molecular formula is C59H68N7O20P3. The fraction of sp³-hybridized carbons (Fsp3) is 0.390. The molecule has 0 spiro atoms. The summed E-state index contributed by atoms with van der Waals surface area (Å²) in [6.45, 7) is 7.17. The minimum Gasteiger partial charge on any atom is -0.491 e. The number of amides is 2. The number of phosphoric acid groups is 2. The highest BCUT2D eigenvalue weighted by atomic mass is 31.3. The number of nitrogens with zero attached hydrogens (tertiary/aromatic N) is 4.